The summed E-state index contributed by atoms with van der Waals surface area (Å²) in [5.74, 6) is 0.179. The highest BCUT2D eigenvalue weighted by Crippen LogP contribution is 2.17. The molecule has 0 heterocycles. The fourth-order valence-corrected chi connectivity index (χ4v) is 1.94. The van der Waals surface area contributed by atoms with Crippen molar-refractivity contribution >= 4 is 17.6 Å². The summed E-state index contributed by atoms with van der Waals surface area (Å²) in [5, 5.41) is 2.62. The molecule has 6 heteroatoms. The molecule has 0 unspecified atom stereocenters. The topological polar surface area (TPSA) is 73.9 Å². The third-order valence-electron chi connectivity index (χ3n) is 3.16. The fraction of sp³-hybridized carbons (Fsp3) is 0.222. The maximum Gasteiger partial charge on any atom is 0.344 e. The molecule has 0 bridgehead atoms. The van der Waals surface area contributed by atoms with Crippen LogP contribution in [0.15, 0.2) is 48.5 Å². The average Bonchev–Trinajstić information content (AvgIpc) is 2.59. The number of carbonyl (C=O) groups is 2. The van der Waals surface area contributed by atoms with Crippen LogP contribution in [0, 0.1) is 6.92 Å². The van der Waals surface area contributed by atoms with E-state index < -0.39 is 11.9 Å². The molecule has 0 saturated carbocycles. The van der Waals surface area contributed by atoms with Crippen LogP contribution in [0.1, 0.15) is 5.56 Å². The number of esters is 1. The molecule has 0 radical (unpaired) electrons. The molecule has 0 atom stereocenters. The van der Waals surface area contributed by atoms with Crippen LogP contribution >= 0.6 is 0 Å². The number of para-hydroxylation sites is 1. The van der Waals surface area contributed by atoms with Gasteiger partial charge in [-0.05, 0) is 30.7 Å². The first kappa shape index (κ1) is 17.3. The molecule has 126 valence electrons. The molecule has 2 rings (SSSR count). The van der Waals surface area contributed by atoms with E-state index in [0.717, 1.165) is 5.56 Å². The van der Waals surface area contributed by atoms with Crippen molar-refractivity contribution in [2.45, 2.75) is 6.92 Å². The quantitative estimate of drug-likeness (QED) is 0.790. The van der Waals surface area contributed by atoms with E-state index in [1.807, 2.05) is 25.1 Å². The van der Waals surface area contributed by atoms with Crippen molar-refractivity contribution in [3.63, 3.8) is 0 Å². The van der Waals surface area contributed by atoms with Gasteiger partial charge in [0, 0.05) is 11.8 Å². The molecule has 0 aliphatic heterocycles. The Balaban J connectivity index is 1.75. The van der Waals surface area contributed by atoms with Crippen molar-refractivity contribution in [1.82, 2.24) is 0 Å². The van der Waals surface area contributed by atoms with E-state index in [2.05, 4.69) is 5.32 Å². The van der Waals surface area contributed by atoms with Gasteiger partial charge in [0.05, 0.1) is 7.11 Å². The SMILES string of the molecule is COc1cccc(NC(=O)COC(=O)COc2ccccc2C)c1. The van der Waals surface area contributed by atoms with Gasteiger partial charge >= 0.3 is 5.97 Å². The summed E-state index contributed by atoms with van der Waals surface area (Å²) in [4.78, 5) is 23.4. The predicted molar refractivity (Wildman–Crippen MR) is 89.3 cm³/mol. The molecule has 1 amide bonds. The van der Waals surface area contributed by atoms with E-state index in [0.29, 0.717) is 17.2 Å². The number of anilines is 1. The van der Waals surface area contributed by atoms with Crippen molar-refractivity contribution < 1.29 is 23.8 Å². The first-order valence-corrected chi connectivity index (χ1v) is 7.36. The molecular weight excluding hydrogens is 310 g/mol. The minimum Gasteiger partial charge on any atom is -0.497 e. The summed E-state index contributed by atoms with van der Waals surface area (Å²) < 4.78 is 15.3. The van der Waals surface area contributed by atoms with E-state index in [-0.39, 0.29) is 13.2 Å². The minimum atomic E-state index is -0.612. The van der Waals surface area contributed by atoms with E-state index in [1.54, 1.807) is 30.3 Å². The van der Waals surface area contributed by atoms with Gasteiger partial charge in [-0.15, -0.1) is 0 Å². The molecule has 0 aliphatic rings. The largest absolute Gasteiger partial charge is 0.497 e. The number of carbonyl (C=O) groups excluding carboxylic acids is 2. The van der Waals surface area contributed by atoms with Crippen LogP contribution in [-0.4, -0.2) is 32.2 Å². The Labute approximate surface area is 140 Å². The lowest BCUT2D eigenvalue weighted by molar-refractivity contribution is -0.149. The first-order chi connectivity index (χ1) is 11.6. The van der Waals surface area contributed by atoms with Gasteiger partial charge in [0.15, 0.2) is 13.2 Å². The molecular formula is C18H19NO5. The monoisotopic (exact) mass is 329 g/mol. The highest BCUT2D eigenvalue weighted by molar-refractivity contribution is 5.93. The Hall–Kier alpha value is -3.02. The fourth-order valence-electron chi connectivity index (χ4n) is 1.94. The second-order valence-corrected chi connectivity index (χ2v) is 4.99. The van der Waals surface area contributed by atoms with Crippen LogP contribution < -0.4 is 14.8 Å². The zero-order valence-corrected chi connectivity index (χ0v) is 13.6. The van der Waals surface area contributed by atoms with Gasteiger partial charge in [-0.1, -0.05) is 24.3 Å². The van der Waals surface area contributed by atoms with Gasteiger partial charge < -0.3 is 19.5 Å². The maximum atomic E-state index is 11.8. The maximum absolute atomic E-state index is 11.8. The first-order valence-electron chi connectivity index (χ1n) is 7.36. The summed E-state index contributed by atoms with van der Waals surface area (Å²) in [7, 11) is 1.54. The van der Waals surface area contributed by atoms with Crippen LogP contribution in [0.25, 0.3) is 0 Å². The van der Waals surface area contributed by atoms with Crippen LogP contribution in [0.5, 0.6) is 11.5 Å². The summed E-state index contributed by atoms with van der Waals surface area (Å²) in [5.41, 5.74) is 1.48. The standard InChI is InChI=1S/C18H19NO5/c1-13-6-3-4-9-16(13)23-12-18(21)24-11-17(20)19-14-7-5-8-15(10-14)22-2/h3-10H,11-12H2,1-2H3,(H,19,20). The molecule has 0 spiro atoms. The Kier molecular flexibility index (Phi) is 6.19. The molecule has 0 saturated heterocycles. The summed E-state index contributed by atoms with van der Waals surface area (Å²) in [6, 6.07) is 14.2. The Morgan fingerprint density at radius 1 is 1.04 bits per heavy atom. The smallest absolute Gasteiger partial charge is 0.344 e. The lowest BCUT2D eigenvalue weighted by Gasteiger charge is -2.09. The molecule has 0 aromatic heterocycles. The van der Waals surface area contributed by atoms with Gasteiger partial charge in [0.2, 0.25) is 0 Å². The molecule has 1 N–H and O–H groups in total. The molecule has 0 fully saturated rings. The summed E-state index contributed by atoms with van der Waals surface area (Å²) in [6.45, 7) is 1.24. The molecule has 6 nitrogen and oxygen atoms in total. The Morgan fingerprint density at radius 3 is 2.58 bits per heavy atom. The van der Waals surface area contributed by atoms with E-state index in [9.17, 15) is 9.59 Å². The van der Waals surface area contributed by atoms with Gasteiger partial charge in [0.1, 0.15) is 11.5 Å². The van der Waals surface area contributed by atoms with Crippen molar-refractivity contribution in [2.75, 3.05) is 25.6 Å². The second-order valence-electron chi connectivity index (χ2n) is 4.99. The van der Waals surface area contributed by atoms with E-state index in [1.165, 1.54) is 7.11 Å². The number of rotatable bonds is 7. The van der Waals surface area contributed by atoms with Crippen molar-refractivity contribution in [1.29, 1.82) is 0 Å². The van der Waals surface area contributed by atoms with E-state index in [4.69, 9.17) is 14.2 Å². The molecule has 0 aliphatic carbocycles. The normalized spacial score (nSPS) is 9.92. The third-order valence-corrected chi connectivity index (χ3v) is 3.16. The zero-order chi connectivity index (χ0) is 17.4. The second kappa shape index (κ2) is 8.57. The van der Waals surface area contributed by atoms with Gasteiger partial charge in [-0.3, -0.25) is 4.79 Å². The summed E-state index contributed by atoms with van der Waals surface area (Å²) in [6.07, 6.45) is 0. The van der Waals surface area contributed by atoms with Crippen LogP contribution in [0.4, 0.5) is 5.69 Å². The third kappa shape index (κ3) is 5.31. The lowest BCUT2D eigenvalue weighted by atomic mass is 10.2. The highest BCUT2D eigenvalue weighted by atomic mass is 16.6. The molecule has 24 heavy (non-hydrogen) atoms. The Bertz CT molecular complexity index is 714. The molecule has 2 aromatic rings. The van der Waals surface area contributed by atoms with Gasteiger partial charge in [0.25, 0.3) is 5.91 Å². The highest BCUT2D eigenvalue weighted by Gasteiger charge is 2.10. The number of amides is 1. The zero-order valence-electron chi connectivity index (χ0n) is 13.6. The van der Waals surface area contributed by atoms with Gasteiger partial charge in [-0.25, -0.2) is 4.79 Å². The van der Waals surface area contributed by atoms with Crippen molar-refractivity contribution in [3.05, 3.63) is 54.1 Å². The van der Waals surface area contributed by atoms with Crippen LogP contribution in [0.3, 0.4) is 0 Å². The minimum absolute atomic E-state index is 0.253. The van der Waals surface area contributed by atoms with Crippen molar-refractivity contribution in [3.8, 4) is 11.5 Å². The number of benzene rings is 2. The number of aryl methyl sites for hydroxylation is 1. The number of methoxy groups -OCH3 is 1. The number of hydrogen-bond acceptors (Lipinski definition) is 5. The number of hydrogen-bond donors (Lipinski definition) is 1. The van der Waals surface area contributed by atoms with Gasteiger partial charge in [-0.2, -0.15) is 0 Å². The van der Waals surface area contributed by atoms with E-state index >= 15 is 0 Å². The average molecular weight is 329 g/mol. The van der Waals surface area contributed by atoms with Crippen LogP contribution in [-0.2, 0) is 14.3 Å². The van der Waals surface area contributed by atoms with Crippen LogP contribution in [0.2, 0.25) is 0 Å². The number of ether oxygens (including phenoxy) is 3. The molecule has 2 aromatic carbocycles. The number of nitrogens with one attached hydrogen (secondary N) is 1. The van der Waals surface area contributed by atoms with Crippen molar-refractivity contribution in [2.24, 2.45) is 0 Å². The lowest BCUT2D eigenvalue weighted by Crippen LogP contribution is -2.23. The Morgan fingerprint density at radius 2 is 1.83 bits per heavy atom. The predicted octanol–water partition coefficient (Wildman–Crippen LogP) is 2.56. The summed E-state index contributed by atoms with van der Waals surface area (Å²) >= 11 is 0.